The zero-order valence-corrected chi connectivity index (χ0v) is 15.5. The van der Waals surface area contributed by atoms with Gasteiger partial charge in [0.05, 0.1) is 4.88 Å². The van der Waals surface area contributed by atoms with Crippen molar-refractivity contribution in [3.05, 3.63) is 17.0 Å². The minimum atomic E-state index is -3.49. The molecule has 8 heteroatoms. The molecule has 2 heterocycles. The average molecular weight is 372 g/mol. The largest absolute Gasteiger partial charge is 0.347 e. The molecule has 134 valence electrons. The van der Waals surface area contributed by atoms with E-state index in [0.29, 0.717) is 36.3 Å². The van der Waals surface area contributed by atoms with Crippen molar-refractivity contribution in [2.75, 3.05) is 19.6 Å². The van der Waals surface area contributed by atoms with Gasteiger partial charge in [-0.2, -0.15) is 4.31 Å². The van der Waals surface area contributed by atoms with Crippen LogP contribution in [-0.4, -0.2) is 44.3 Å². The molecule has 3 rings (SSSR count). The lowest BCUT2D eigenvalue weighted by Crippen LogP contribution is -2.41. The Balaban J connectivity index is 1.69. The molecule has 0 radical (unpaired) electrons. The summed E-state index contributed by atoms with van der Waals surface area (Å²) < 4.78 is 27.2. The number of carbonyl (C=O) groups is 1. The van der Waals surface area contributed by atoms with Crippen LogP contribution in [-0.2, 0) is 10.0 Å². The summed E-state index contributed by atoms with van der Waals surface area (Å²) in [5.74, 6) is 0.810. The van der Waals surface area contributed by atoms with Crippen molar-refractivity contribution >= 4 is 27.3 Å². The van der Waals surface area contributed by atoms with Crippen molar-refractivity contribution in [2.45, 2.75) is 42.9 Å². The highest BCUT2D eigenvalue weighted by Gasteiger charge is 2.33. The fourth-order valence-electron chi connectivity index (χ4n) is 3.04. The Hall–Kier alpha value is -0.960. The number of hydrogen-bond donors (Lipinski definition) is 2. The first-order valence-electron chi connectivity index (χ1n) is 8.52. The number of amides is 1. The zero-order valence-electron chi connectivity index (χ0n) is 13.9. The average Bonchev–Trinajstić information content (AvgIpc) is 3.27. The van der Waals surface area contributed by atoms with Gasteiger partial charge >= 0.3 is 0 Å². The highest BCUT2D eigenvalue weighted by Crippen LogP contribution is 2.33. The minimum absolute atomic E-state index is 0.0109. The zero-order chi connectivity index (χ0) is 17.3. The van der Waals surface area contributed by atoms with Crippen LogP contribution in [0.4, 0.5) is 0 Å². The van der Waals surface area contributed by atoms with E-state index in [2.05, 4.69) is 12.2 Å². The highest BCUT2D eigenvalue weighted by atomic mass is 32.2. The molecule has 1 aromatic rings. The van der Waals surface area contributed by atoms with Crippen molar-refractivity contribution in [3.63, 3.8) is 0 Å². The van der Waals surface area contributed by atoms with Crippen molar-refractivity contribution in [2.24, 2.45) is 17.6 Å². The molecule has 24 heavy (non-hydrogen) atoms. The third kappa shape index (κ3) is 3.82. The number of nitrogens with one attached hydrogen (secondary N) is 1. The second kappa shape index (κ2) is 7.11. The number of hydrogen-bond acceptors (Lipinski definition) is 5. The molecule has 1 aliphatic heterocycles. The van der Waals surface area contributed by atoms with E-state index >= 15 is 0 Å². The predicted molar refractivity (Wildman–Crippen MR) is 94.5 cm³/mol. The number of piperidine rings is 1. The van der Waals surface area contributed by atoms with E-state index in [1.165, 1.54) is 4.31 Å². The van der Waals surface area contributed by atoms with Crippen LogP contribution >= 0.6 is 11.3 Å². The lowest BCUT2D eigenvalue weighted by molar-refractivity contribution is 0.0937. The van der Waals surface area contributed by atoms with Crippen molar-refractivity contribution in [3.8, 4) is 0 Å². The second-order valence-corrected chi connectivity index (χ2v) is 10.1. The molecule has 1 atom stereocenters. The van der Waals surface area contributed by atoms with Gasteiger partial charge in [-0.3, -0.25) is 4.79 Å². The van der Waals surface area contributed by atoms with Gasteiger partial charge in [-0.25, -0.2) is 8.42 Å². The molecule has 0 bridgehead atoms. The molecule has 0 aromatic carbocycles. The normalized spacial score (nSPS) is 21.6. The molecular formula is C16H25N3O3S2. The summed E-state index contributed by atoms with van der Waals surface area (Å²) in [6, 6.07) is 3.13. The molecule has 1 aromatic heterocycles. The maximum absolute atomic E-state index is 12.7. The summed E-state index contributed by atoms with van der Waals surface area (Å²) in [5, 5.41) is 2.93. The quantitative estimate of drug-likeness (QED) is 0.795. The first-order chi connectivity index (χ1) is 11.4. The van der Waals surface area contributed by atoms with Crippen LogP contribution in [0.2, 0.25) is 0 Å². The molecule has 1 unspecified atom stereocenters. The monoisotopic (exact) mass is 371 g/mol. The molecule has 1 saturated carbocycles. The van der Waals surface area contributed by atoms with E-state index in [-0.39, 0.29) is 16.2 Å². The number of nitrogens with zero attached hydrogens (tertiary/aromatic N) is 1. The van der Waals surface area contributed by atoms with Gasteiger partial charge in [-0.15, -0.1) is 11.3 Å². The van der Waals surface area contributed by atoms with Gasteiger partial charge in [0.2, 0.25) is 0 Å². The molecule has 1 aliphatic carbocycles. The number of nitrogens with two attached hydrogens (primary N) is 1. The summed E-state index contributed by atoms with van der Waals surface area (Å²) in [6.07, 6.45) is 3.97. The SMILES string of the molecule is CC1CCN(S(=O)(=O)c2ccc(C(=O)NC(CN)C3CC3)s2)CC1. The molecule has 1 saturated heterocycles. The molecule has 3 N–H and O–H groups in total. The molecule has 6 nitrogen and oxygen atoms in total. The Labute approximate surface area is 147 Å². The van der Waals surface area contributed by atoms with Crippen LogP contribution in [0.3, 0.4) is 0 Å². The first-order valence-corrected chi connectivity index (χ1v) is 10.8. The molecule has 1 amide bonds. The number of thiophene rings is 1. The van der Waals surface area contributed by atoms with Crippen LogP contribution in [0.5, 0.6) is 0 Å². The van der Waals surface area contributed by atoms with Crippen LogP contribution in [0.15, 0.2) is 16.3 Å². The van der Waals surface area contributed by atoms with Crippen molar-refractivity contribution in [1.82, 2.24) is 9.62 Å². The van der Waals surface area contributed by atoms with E-state index in [1.807, 2.05) is 0 Å². The van der Waals surface area contributed by atoms with Crippen LogP contribution in [0.1, 0.15) is 42.3 Å². The Morgan fingerprint density at radius 3 is 2.58 bits per heavy atom. The van der Waals surface area contributed by atoms with Crippen LogP contribution in [0, 0.1) is 11.8 Å². The second-order valence-electron chi connectivity index (χ2n) is 6.86. The van der Waals surface area contributed by atoms with E-state index < -0.39 is 10.0 Å². The summed E-state index contributed by atoms with van der Waals surface area (Å²) in [5.41, 5.74) is 5.71. The lowest BCUT2D eigenvalue weighted by Gasteiger charge is -2.28. The summed E-state index contributed by atoms with van der Waals surface area (Å²) >= 11 is 1.04. The summed E-state index contributed by atoms with van der Waals surface area (Å²) in [7, 11) is -3.49. The number of carbonyl (C=O) groups excluding carboxylic acids is 1. The third-order valence-electron chi connectivity index (χ3n) is 4.90. The molecule has 0 spiro atoms. The maximum Gasteiger partial charge on any atom is 0.261 e. The molecule has 2 fully saturated rings. The van der Waals surface area contributed by atoms with Gasteiger partial charge < -0.3 is 11.1 Å². The number of rotatable bonds is 6. The van der Waals surface area contributed by atoms with Gasteiger partial charge in [0, 0.05) is 25.7 Å². The van der Waals surface area contributed by atoms with E-state index in [4.69, 9.17) is 5.73 Å². The fourth-order valence-corrected chi connectivity index (χ4v) is 5.87. The highest BCUT2D eigenvalue weighted by molar-refractivity contribution is 7.91. The van der Waals surface area contributed by atoms with E-state index in [0.717, 1.165) is 37.0 Å². The Bertz CT molecular complexity index is 689. The lowest BCUT2D eigenvalue weighted by atomic mass is 10.0. The minimum Gasteiger partial charge on any atom is -0.347 e. The molecular weight excluding hydrogens is 346 g/mol. The molecule has 2 aliphatic rings. The van der Waals surface area contributed by atoms with Crippen LogP contribution < -0.4 is 11.1 Å². The van der Waals surface area contributed by atoms with Gasteiger partial charge in [-0.1, -0.05) is 6.92 Å². The van der Waals surface area contributed by atoms with Crippen molar-refractivity contribution < 1.29 is 13.2 Å². The Kier molecular flexibility index (Phi) is 5.29. The smallest absolute Gasteiger partial charge is 0.261 e. The van der Waals surface area contributed by atoms with Crippen molar-refractivity contribution in [1.29, 1.82) is 0 Å². The van der Waals surface area contributed by atoms with Gasteiger partial charge in [0.15, 0.2) is 0 Å². The van der Waals surface area contributed by atoms with Gasteiger partial charge in [0.25, 0.3) is 15.9 Å². The Morgan fingerprint density at radius 1 is 1.33 bits per heavy atom. The fraction of sp³-hybridized carbons (Fsp3) is 0.688. The standard InChI is InChI=1S/C16H25N3O3S2/c1-11-6-8-19(9-7-11)24(21,22)15-5-4-14(23-15)16(20)18-13(10-17)12-2-3-12/h4-5,11-13H,2-3,6-10,17H2,1H3,(H,18,20). The van der Waals surface area contributed by atoms with Gasteiger partial charge in [0.1, 0.15) is 4.21 Å². The maximum atomic E-state index is 12.7. The van der Waals surface area contributed by atoms with E-state index in [1.54, 1.807) is 12.1 Å². The third-order valence-corrected chi connectivity index (χ3v) is 8.35. The number of sulfonamides is 1. The van der Waals surface area contributed by atoms with Crippen LogP contribution in [0.25, 0.3) is 0 Å². The summed E-state index contributed by atoms with van der Waals surface area (Å²) in [4.78, 5) is 12.8. The first kappa shape index (κ1) is 17.8. The summed E-state index contributed by atoms with van der Waals surface area (Å²) in [6.45, 7) is 3.67. The topological polar surface area (TPSA) is 92.5 Å². The van der Waals surface area contributed by atoms with Gasteiger partial charge in [-0.05, 0) is 49.7 Å². The van der Waals surface area contributed by atoms with E-state index in [9.17, 15) is 13.2 Å². The predicted octanol–water partition coefficient (Wildman–Crippen LogP) is 1.64. The Morgan fingerprint density at radius 2 is 2.00 bits per heavy atom.